The van der Waals surface area contributed by atoms with Gasteiger partial charge in [0.25, 0.3) is 0 Å². The van der Waals surface area contributed by atoms with Gasteiger partial charge in [-0.3, -0.25) is 0 Å². The second kappa shape index (κ2) is 6.15. The summed E-state index contributed by atoms with van der Waals surface area (Å²) in [5.41, 5.74) is 0. The molecule has 4 nitrogen and oxygen atoms in total. The molecule has 1 heterocycles. The fourth-order valence-corrected chi connectivity index (χ4v) is 1.73. The number of halogens is 1. The average Bonchev–Trinajstić information content (AvgIpc) is 2.26. The van der Waals surface area contributed by atoms with Crippen molar-refractivity contribution in [3.05, 3.63) is 16.5 Å². The van der Waals surface area contributed by atoms with E-state index in [9.17, 15) is 0 Å². The minimum atomic E-state index is 0.0521. The van der Waals surface area contributed by atoms with Crippen molar-refractivity contribution in [3.8, 4) is 0 Å². The van der Waals surface area contributed by atoms with Crippen molar-refractivity contribution < 1.29 is 5.11 Å². The predicted octanol–water partition coefficient (Wildman–Crippen LogP) is 2.01. The molecular formula is C11H18BrN3O. The summed E-state index contributed by atoms with van der Waals surface area (Å²) >= 11 is 3.38. The van der Waals surface area contributed by atoms with Gasteiger partial charge in [-0.2, -0.15) is 0 Å². The van der Waals surface area contributed by atoms with Gasteiger partial charge in [0.15, 0.2) is 0 Å². The molecule has 90 valence electrons. The maximum Gasteiger partial charge on any atom is 0.133 e. The zero-order valence-electron chi connectivity index (χ0n) is 9.94. The molecule has 5 heteroatoms. The lowest BCUT2D eigenvalue weighted by molar-refractivity contribution is 0.269. The van der Waals surface area contributed by atoms with Gasteiger partial charge in [-0.25, -0.2) is 9.97 Å². The summed E-state index contributed by atoms with van der Waals surface area (Å²) in [4.78, 5) is 10.7. The van der Waals surface area contributed by atoms with Gasteiger partial charge in [0, 0.05) is 19.5 Å². The van der Waals surface area contributed by atoms with Crippen LogP contribution >= 0.6 is 15.9 Å². The quantitative estimate of drug-likeness (QED) is 0.842. The van der Waals surface area contributed by atoms with E-state index in [0.29, 0.717) is 0 Å². The van der Waals surface area contributed by atoms with E-state index < -0.39 is 0 Å². The Hall–Kier alpha value is -0.680. The molecule has 0 radical (unpaired) electrons. The average molecular weight is 288 g/mol. The first-order valence-electron chi connectivity index (χ1n) is 5.45. The minimum absolute atomic E-state index is 0.0521. The first-order chi connectivity index (χ1) is 7.58. The summed E-state index contributed by atoms with van der Waals surface area (Å²) in [5, 5.41) is 9.11. The molecule has 1 atom stereocenters. The van der Waals surface area contributed by atoms with Crippen LogP contribution in [0.5, 0.6) is 0 Å². The Morgan fingerprint density at radius 3 is 2.75 bits per heavy atom. The van der Waals surface area contributed by atoms with Crippen LogP contribution in [-0.2, 0) is 6.42 Å². The molecule has 0 saturated heterocycles. The number of rotatable bonds is 5. The second-order valence-corrected chi connectivity index (χ2v) is 4.67. The predicted molar refractivity (Wildman–Crippen MR) is 68.7 cm³/mol. The Kier molecular flexibility index (Phi) is 5.15. The van der Waals surface area contributed by atoms with Crippen molar-refractivity contribution in [2.24, 2.45) is 0 Å². The normalized spacial score (nSPS) is 12.6. The number of aliphatic hydroxyl groups excluding tert-OH is 1. The fraction of sp³-hybridized carbons (Fsp3) is 0.636. The summed E-state index contributed by atoms with van der Waals surface area (Å²) < 4.78 is 0.790. The maximum absolute atomic E-state index is 9.11. The van der Waals surface area contributed by atoms with Gasteiger partial charge in [0.05, 0.1) is 12.6 Å². The molecular weight excluding hydrogens is 270 g/mol. The monoisotopic (exact) mass is 287 g/mol. The van der Waals surface area contributed by atoms with E-state index in [1.807, 2.05) is 24.9 Å². The van der Waals surface area contributed by atoms with E-state index in [0.717, 1.165) is 29.1 Å². The lowest BCUT2D eigenvalue weighted by Crippen LogP contribution is -2.32. The Morgan fingerprint density at radius 1 is 1.50 bits per heavy atom. The Bertz CT molecular complexity index is 346. The molecule has 0 aromatic carbocycles. The van der Waals surface area contributed by atoms with Gasteiger partial charge in [-0.15, -0.1) is 0 Å². The van der Waals surface area contributed by atoms with E-state index in [2.05, 4.69) is 32.8 Å². The van der Waals surface area contributed by atoms with E-state index in [1.54, 1.807) is 0 Å². The largest absolute Gasteiger partial charge is 0.394 e. The van der Waals surface area contributed by atoms with Gasteiger partial charge in [-0.1, -0.05) is 6.92 Å². The van der Waals surface area contributed by atoms with Gasteiger partial charge in [0.2, 0.25) is 0 Å². The highest BCUT2D eigenvalue weighted by atomic mass is 79.9. The highest BCUT2D eigenvalue weighted by Gasteiger charge is 2.12. The van der Waals surface area contributed by atoms with Crippen molar-refractivity contribution >= 4 is 21.7 Å². The zero-order valence-corrected chi connectivity index (χ0v) is 11.5. The highest BCUT2D eigenvalue weighted by Crippen LogP contribution is 2.17. The SMILES string of the molecule is CCCc1nc(Br)cc(N(C)C(C)CO)n1. The van der Waals surface area contributed by atoms with E-state index >= 15 is 0 Å². The number of aryl methyl sites for hydroxylation is 1. The molecule has 0 aliphatic heterocycles. The van der Waals surface area contributed by atoms with Crippen LogP contribution in [0.25, 0.3) is 0 Å². The summed E-state index contributed by atoms with van der Waals surface area (Å²) in [5.74, 6) is 1.68. The summed E-state index contributed by atoms with van der Waals surface area (Å²) in [7, 11) is 1.92. The lowest BCUT2D eigenvalue weighted by atomic mass is 10.3. The van der Waals surface area contributed by atoms with Crippen LogP contribution in [-0.4, -0.2) is 34.8 Å². The molecule has 0 bridgehead atoms. The van der Waals surface area contributed by atoms with Crippen LogP contribution in [0.3, 0.4) is 0 Å². The summed E-state index contributed by atoms with van der Waals surface area (Å²) in [6, 6.07) is 1.92. The molecule has 0 saturated carbocycles. The standard InChI is InChI=1S/C11H18BrN3O/c1-4-5-10-13-9(12)6-11(14-10)15(3)8(2)7-16/h6,8,16H,4-5,7H2,1-3H3. The summed E-state index contributed by atoms with van der Waals surface area (Å²) in [6.07, 6.45) is 1.89. The van der Waals surface area contributed by atoms with Crippen LogP contribution in [0.4, 0.5) is 5.82 Å². The number of likely N-dealkylation sites (N-methyl/N-ethyl adjacent to an activating group) is 1. The van der Waals surface area contributed by atoms with Gasteiger partial charge in [0.1, 0.15) is 16.2 Å². The Morgan fingerprint density at radius 2 is 2.19 bits per heavy atom. The number of aliphatic hydroxyl groups is 1. The topological polar surface area (TPSA) is 49.2 Å². The van der Waals surface area contributed by atoms with E-state index in [4.69, 9.17) is 5.11 Å². The van der Waals surface area contributed by atoms with Gasteiger partial charge < -0.3 is 10.0 Å². The van der Waals surface area contributed by atoms with Crippen molar-refractivity contribution in [2.75, 3.05) is 18.6 Å². The fourth-order valence-electron chi connectivity index (χ4n) is 1.32. The molecule has 0 amide bonds. The van der Waals surface area contributed by atoms with Crippen LogP contribution in [0.1, 0.15) is 26.1 Å². The van der Waals surface area contributed by atoms with Crippen LogP contribution in [0, 0.1) is 0 Å². The molecule has 1 aromatic heterocycles. The highest BCUT2D eigenvalue weighted by molar-refractivity contribution is 9.10. The third-order valence-electron chi connectivity index (χ3n) is 2.49. The van der Waals surface area contributed by atoms with Gasteiger partial charge in [-0.05, 0) is 29.3 Å². The molecule has 0 aliphatic carbocycles. The molecule has 1 rings (SSSR count). The van der Waals surface area contributed by atoms with Crippen molar-refractivity contribution in [3.63, 3.8) is 0 Å². The molecule has 0 fully saturated rings. The van der Waals surface area contributed by atoms with Gasteiger partial charge >= 0.3 is 0 Å². The van der Waals surface area contributed by atoms with E-state index in [1.165, 1.54) is 0 Å². The zero-order chi connectivity index (χ0) is 12.1. The summed E-state index contributed by atoms with van der Waals surface area (Å²) in [6.45, 7) is 4.17. The van der Waals surface area contributed by atoms with Crippen LogP contribution in [0.15, 0.2) is 10.7 Å². The number of hydrogen-bond acceptors (Lipinski definition) is 4. The number of aromatic nitrogens is 2. The first-order valence-corrected chi connectivity index (χ1v) is 6.25. The Balaban J connectivity index is 2.94. The molecule has 1 N–H and O–H groups in total. The lowest BCUT2D eigenvalue weighted by Gasteiger charge is -2.24. The van der Waals surface area contributed by atoms with Crippen molar-refractivity contribution in [1.29, 1.82) is 0 Å². The van der Waals surface area contributed by atoms with E-state index in [-0.39, 0.29) is 12.6 Å². The molecule has 0 aliphatic rings. The smallest absolute Gasteiger partial charge is 0.133 e. The van der Waals surface area contributed by atoms with Crippen LogP contribution < -0.4 is 4.90 Å². The van der Waals surface area contributed by atoms with Crippen molar-refractivity contribution in [2.45, 2.75) is 32.7 Å². The number of nitrogens with zero attached hydrogens (tertiary/aromatic N) is 3. The number of hydrogen-bond donors (Lipinski definition) is 1. The Labute approximate surface area is 105 Å². The minimum Gasteiger partial charge on any atom is -0.394 e. The molecule has 16 heavy (non-hydrogen) atoms. The second-order valence-electron chi connectivity index (χ2n) is 3.86. The van der Waals surface area contributed by atoms with Crippen LogP contribution in [0.2, 0.25) is 0 Å². The molecule has 1 unspecified atom stereocenters. The third-order valence-corrected chi connectivity index (χ3v) is 2.89. The molecule has 1 aromatic rings. The molecule has 0 spiro atoms. The first kappa shape index (κ1) is 13.4. The van der Waals surface area contributed by atoms with Crippen molar-refractivity contribution in [1.82, 2.24) is 9.97 Å². The maximum atomic E-state index is 9.11. The third kappa shape index (κ3) is 3.42. The number of anilines is 1.